The Labute approximate surface area is 163 Å². The van der Waals surface area contributed by atoms with Gasteiger partial charge in [-0.1, -0.05) is 0 Å². The monoisotopic (exact) mass is 427 g/mol. The number of carbonyl (C=O) groups excluding carboxylic acids is 1. The minimum atomic E-state index is -3.70. The molecule has 0 spiro atoms. The first-order chi connectivity index (χ1) is 12.9. The summed E-state index contributed by atoms with van der Waals surface area (Å²) in [7, 11) is -3.70. The molecule has 2 aliphatic heterocycles. The van der Waals surface area contributed by atoms with Crippen LogP contribution in [-0.4, -0.2) is 69.2 Å². The Kier molecular flexibility index (Phi) is 7.28. The van der Waals surface area contributed by atoms with Crippen LogP contribution < -0.4 is 21.0 Å². The molecule has 0 radical (unpaired) electrons. The lowest BCUT2D eigenvalue weighted by Crippen LogP contribution is -2.55. The number of sulfonamides is 1. The molecule has 156 valence electrons. The molecule has 0 aromatic carbocycles. The molecule has 1 saturated carbocycles. The molecule has 27 heavy (non-hydrogen) atoms. The molecule has 0 aromatic rings. The van der Waals surface area contributed by atoms with Crippen LogP contribution in [0.1, 0.15) is 25.7 Å². The summed E-state index contributed by atoms with van der Waals surface area (Å²) < 4.78 is 44.1. The predicted octanol–water partition coefficient (Wildman–Crippen LogP) is -0.587. The maximum absolute atomic E-state index is 14.5. The highest BCUT2D eigenvalue weighted by molar-refractivity contribution is 7.89. The summed E-state index contributed by atoms with van der Waals surface area (Å²) in [5, 5.41) is 4.20. The van der Waals surface area contributed by atoms with Gasteiger partial charge in [-0.2, -0.15) is 0 Å². The quantitative estimate of drug-likeness (QED) is 0.331. The van der Waals surface area contributed by atoms with Gasteiger partial charge in [0.15, 0.2) is 0 Å². The van der Waals surface area contributed by atoms with Gasteiger partial charge in [-0.25, -0.2) is 23.2 Å². The van der Waals surface area contributed by atoms with Crippen LogP contribution in [0.2, 0.25) is 0 Å². The number of nitrogens with one attached hydrogen (secondary N) is 4. The Bertz CT molecular complexity index is 615. The zero-order valence-corrected chi connectivity index (χ0v) is 16.6. The van der Waals surface area contributed by atoms with Gasteiger partial charge in [-0.05, 0) is 31.6 Å². The second-order valence-electron chi connectivity index (χ2n) is 7.33. The summed E-state index contributed by atoms with van der Waals surface area (Å²) in [6.45, 7) is 2.26. The van der Waals surface area contributed by atoms with E-state index in [2.05, 4.69) is 21.0 Å². The Hall–Kier alpha value is -0.560. The Morgan fingerprint density at radius 1 is 1.30 bits per heavy atom. The number of halogens is 2. The fraction of sp³-hybridized carbons (Fsp3) is 0.933. The number of rotatable bonds is 6. The lowest BCUT2D eigenvalue weighted by Gasteiger charge is -2.38. The highest BCUT2D eigenvalue weighted by Crippen LogP contribution is 2.33. The summed E-state index contributed by atoms with van der Waals surface area (Å²) in [6.07, 6.45) is 0.467. The number of hydrogen-bond donors (Lipinski definition) is 4. The van der Waals surface area contributed by atoms with E-state index in [4.69, 9.17) is 16.3 Å². The fourth-order valence-corrected chi connectivity index (χ4v) is 5.48. The lowest BCUT2D eigenvalue weighted by atomic mass is 9.83. The van der Waals surface area contributed by atoms with E-state index in [0.29, 0.717) is 45.8 Å². The Morgan fingerprint density at radius 3 is 2.70 bits per heavy atom. The highest BCUT2D eigenvalue weighted by atomic mass is 35.5. The van der Waals surface area contributed by atoms with E-state index in [1.807, 2.05) is 5.01 Å². The standard InChI is InChI=1S/C15H27ClFN5O4S/c16-13-6-11(22-9-18-8-19-22)5-12(14(13)17)15(23)20-21-27(24,25)7-10-1-3-26-4-2-10/h10-14,18-19,21H,1-9H2,(H,20,23). The third-order valence-corrected chi connectivity index (χ3v) is 7.09. The normalized spacial score (nSPS) is 33.9. The molecule has 9 nitrogen and oxygen atoms in total. The molecule has 0 aromatic heterocycles. The molecule has 4 unspecified atom stereocenters. The van der Waals surface area contributed by atoms with Crippen molar-refractivity contribution in [2.75, 3.05) is 32.3 Å². The van der Waals surface area contributed by atoms with E-state index < -0.39 is 33.4 Å². The van der Waals surface area contributed by atoms with Gasteiger partial charge < -0.3 is 4.74 Å². The molecule has 2 heterocycles. The van der Waals surface area contributed by atoms with Crippen molar-refractivity contribution in [1.29, 1.82) is 0 Å². The molecule has 1 aliphatic carbocycles. The summed E-state index contributed by atoms with van der Waals surface area (Å²) in [5.74, 6) is -1.81. The number of hydrogen-bond acceptors (Lipinski definition) is 7. The maximum atomic E-state index is 14.5. The fourth-order valence-electron chi connectivity index (χ4n) is 3.80. The number of ether oxygens (including phenoxy) is 1. The van der Waals surface area contributed by atoms with Crippen LogP contribution in [0.5, 0.6) is 0 Å². The number of amides is 1. The topological polar surface area (TPSA) is 112 Å². The third kappa shape index (κ3) is 5.72. The summed E-state index contributed by atoms with van der Waals surface area (Å²) in [6, 6.07) is -0.107. The Morgan fingerprint density at radius 2 is 2.04 bits per heavy atom. The van der Waals surface area contributed by atoms with Gasteiger partial charge in [-0.15, -0.1) is 16.4 Å². The van der Waals surface area contributed by atoms with Crippen LogP contribution in [0.25, 0.3) is 0 Å². The highest BCUT2D eigenvalue weighted by Gasteiger charge is 2.43. The largest absolute Gasteiger partial charge is 0.381 e. The first-order valence-electron chi connectivity index (χ1n) is 9.22. The minimum Gasteiger partial charge on any atom is -0.381 e. The Balaban J connectivity index is 1.53. The molecule has 4 N–H and O–H groups in total. The molecule has 2 saturated heterocycles. The average Bonchev–Trinajstić information content (AvgIpc) is 3.17. The minimum absolute atomic E-state index is 0.0119. The van der Waals surface area contributed by atoms with E-state index in [1.165, 1.54) is 0 Å². The van der Waals surface area contributed by atoms with E-state index in [-0.39, 0.29) is 24.1 Å². The van der Waals surface area contributed by atoms with Crippen molar-refractivity contribution in [1.82, 2.24) is 26.0 Å². The first kappa shape index (κ1) is 21.2. The van der Waals surface area contributed by atoms with Crippen LogP contribution in [0.3, 0.4) is 0 Å². The lowest BCUT2D eigenvalue weighted by molar-refractivity contribution is -0.129. The van der Waals surface area contributed by atoms with Gasteiger partial charge in [0.25, 0.3) is 0 Å². The number of hydrazine groups is 2. The van der Waals surface area contributed by atoms with Gasteiger partial charge in [0.2, 0.25) is 15.9 Å². The molecule has 3 aliphatic rings. The van der Waals surface area contributed by atoms with Crippen LogP contribution in [-0.2, 0) is 19.6 Å². The molecule has 1 amide bonds. The molecular formula is C15H27ClFN5O4S. The number of nitrogens with zero attached hydrogens (tertiary/aromatic N) is 1. The number of carbonyl (C=O) groups is 1. The van der Waals surface area contributed by atoms with Gasteiger partial charge in [-0.3, -0.25) is 15.5 Å². The van der Waals surface area contributed by atoms with Crippen LogP contribution >= 0.6 is 11.6 Å². The van der Waals surface area contributed by atoms with Crippen LogP contribution in [0, 0.1) is 11.8 Å². The van der Waals surface area contributed by atoms with Crippen molar-refractivity contribution in [3.63, 3.8) is 0 Å². The second-order valence-corrected chi connectivity index (χ2v) is 9.66. The van der Waals surface area contributed by atoms with E-state index >= 15 is 0 Å². The summed E-state index contributed by atoms with van der Waals surface area (Å²) in [5.41, 5.74) is 5.29. The van der Waals surface area contributed by atoms with Crippen molar-refractivity contribution in [2.45, 2.75) is 43.3 Å². The van der Waals surface area contributed by atoms with E-state index in [0.717, 1.165) is 0 Å². The van der Waals surface area contributed by atoms with Gasteiger partial charge in [0, 0.05) is 19.3 Å². The second kappa shape index (κ2) is 9.29. The SMILES string of the molecule is O=C(NNS(=O)(=O)CC1CCOCC1)C1CC(N2CNCN2)CC(Cl)C1F. The van der Waals surface area contributed by atoms with Gasteiger partial charge >= 0.3 is 0 Å². The summed E-state index contributed by atoms with van der Waals surface area (Å²) in [4.78, 5) is 14.5. The first-order valence-corrected chi connectivity index (χ1v) is 11.3. The predicted molar refractivity (Wildman–Crippen MR) is 97.5 cm³/mol. The maximum Gasteiger partial charge on any atom is 0.241 e. The molecule has 4 atom stereocenters. The van der Waals surface area contributed by atoms with E-state index in [1.54, 1.807) is 0 Å². The molecule has 3 fully saturated rings. The molecule has 12 heteroatoms. The molecular weight excluding hydrogens is 401 g/mol. The average molecular weight is 428 g/mol. The van der Waals surface area contributed by atoms with Crippen molar-refractivity contribution >= 4 is 27.5 Å². The van der Waals surface area contributed by atoms with Gasteiger partial charge in [0.1, 0.15) is 6.17 Å². The van der Waals surface area contributed by atoms with Crippen molar-refractivity contribution in [3.8, 4) is 0 Å². The number of alkyl halides is 2. The van der Waals surface area contributed by atoms with E-state index in [9.17, 15) is 17.6 Å². The zero-order valence-electron chi connectivity index (χ0n) is 15.0. The van der Waals surface area contributed by atoms with Crippen molar-refractivity contribution < 1.29 is 22.3 Å². The van der Waals surface area contributed by atoms with Crippen LogP contribution in [0.15, 0.2) is 0 Å². The molecule has 3 rings (SSSR count). The van der Waals surface area contributed by atoms with Gasteiger partial charge in [0.05, 0.1) is 30.4 Å². The van der Waals surface area contributed by atoms with Crippen molar-refractivity contribution in [2.24, 2.45) is 11.8 Å². The van der Waals surface area contributed by atoms with Crippen LogP contribution in [0.4, 0.5) is 4.39 Å². The molecule has 0 bridgehead atoms. The van der Waals surface area contributed by atoms with Crippen molar-refractivity contribution in [3.05, 3.63) is 0 Å². The summed E-state index contributed by atoms with van der Waals surface area (Å²) >= 11 is 6.12. The third-order valence-electron chi connectivity index (χ3n) is 5.35. The smallest absolute Gasteiger partial charge is 0.241 e. The zero-order chi connectivity index (χ0) is 19.4.